The molecule has 0 unspecified atom stereocenters. The molecule has 2 bridgehead atoms. The average molecular weight is 365 g/mol. The molecular weight excluding hydrogens is 348 g/mol. The summed E-state index contributed by atoms with van der Waals surface area (Å²) in [4.78, 5) is 13.5. The number of ether oxygens (including phenoxy) is 1. The lowest BCUT2D eigenvalue weighted by atomic mass is 9.81. The van der Waals surface area contributed by atoms with E-state index in [9.17, 15) is 13.6 Å². The Labute approximate surface area is 147 Å². The van der Waals surface area contributed by atoms with Gasteiger partial charge in [0.15, 0.2) is 23.1 Å². The number of fused-ring (bicyclic) bond motifs is 2. The molecule has 3 heterocycles. The summed E-state index contributed by atoms with van der Waals surface area (Å²) < 4.78 is 37.4. The summed E-state index contributed by atoms with van der Waals surface area (Å²) in [5, 5.41) is 2.60. The van der Waals surface area contributed by atoms with Crippen molar-refractivity contribution < 1.29 is 18.3 Å². The molecule has 2 aromatic rings. The smallest absolute Gasteiger partial charge is 0.276 e. The first-order valence-electron chi connectivity index (χ1n) is 8.02. The number of aromatic nitrogens is 1. The van der Waals surface area contributed by atoms with Crippen LogP contribution in [0.15, 0.2) is 29.3 Å². The number of carbonyl (C=O) groups excluding carboxylic acids is 1. The fourth-order valence-electron chi connectivity index (χ4n) is 3.13. The van der Waals surface area contributed by atoms with Crippen molar-refractivity contribution >= 4 is 23.5 Å². The first kappa shape index (κ1) is 16.4. The molecule has 1 aromatic carbocycles. The molecule has 3 aliphatic rings. The number of hydrogen-bond acceptors (Lipinski definition) is 4. The molecule has 5 rings (SSSR count). The van der Waals surface area contributed by atoms with Crippen LogP contribution in [0.25, 0.3) is 0 Å². The Kier molecular flexibility index (Phi) is 4.16. The Bertz CT molecular complexity index is 834. The van der Waals surface area contributed by atoms with Crippen LogP contribution in [-0.2, 0) is 7.05 Å². The normalized spacial score (nSPS) is 21.9. The van der Waals surface area contributed by atoms with E-state index in [1.807, 2.05) is 6.20 Å². The lowest BCUT2D eigenvalue weighted by Gasteiger charge is -2.33. The van der Waals surface area contributed by atoms with Gasteiger partial charge in [0.25, 0.3) is 5.91 Å². The van der Waals surface area contributed by atoms with Crippen LogP contribution in [0.4, 0.5) is 14.5 Å². The Morgan fingerprint density at radius 1 is 1.36 bits per heavy atom. The van der Waals surface area contributed by atoms with E-state index in [1.165, 1.54) is 18.0 Å². The van der Waals surface area contributed by atoms with Crippen molar-refractivity contribution in [2.75, 3.05) is 11.9 Å². The molecule has 8 heteroatoms. The van der Waals surface area contributed by atoms with E-state index >= 15 is 0 Å². The third-order valence-corrected chi connectivity index (χ3v) is 5.49. The van der Waals surface area contributed by atoms with Crippen molar-refractivity contribution in [2.45, 2.75) is 23.8 Å². The Morgan fingerprint density at radius 3 is 2.92 bits per heavy atom. The molecule has 0 atom stereocenters. The molecule has 2 N–H and O–H groups in total. The van der Waals surface area contributed by atoms with E-state index < -0.39 is 17.5 Å². The number of hydrogen-bond donors (Lipinski definition) is 2. The monoisotopic (exact) mass is 365 g/mol. The number of benzene rings is 1. The minimum Gasteiger partial charge on any atom is -0.490 e. The maximum atomic E-state index is 13.3. The number of halogens is 2. The van der Waals surface area contributed by atoms with Crippen molar-refractivity contribution in [3.05, 3.63) is 41.7 Å². The van der Waals surface area contributed by atoms with E-state index in [0.717, 1.165) is 29.9 Å². The highest BCUT2D eigenvalue weighted by molar-refractivity contribution is 7.97. The second-order valence-corrected chi connectivity index (χ2v) is 7.31. The Morgan fingerprint density at radius 2 is 2.16 bits per heavy atom. The van der Waals surface area contributed by atoms with Crippen LogP contribution in [0.5, 0.6) is 5.75 Å². The fraction of sp³-hybridized carbons (Fsp3) is 0.353. The van der Waals surface area contributed by atoms with Gasteiger partial charge in [-0.2, -0.15) is 0 Å². The van der Waals surface area contributed by atoms with Gasteiger partial charge in [-0.25, -0.2) is 8.78 Å². The van der Waals surface area contributed by atoms with Crippen molar-refractivity contribution in [3.8, 4) is 5.75 Å². The molecule has 5 nitrogen and oxygen atoms in total. The SMILES string of the molecule is Cn1cc2c(c1C(=O)Nc1ccc(F)c(F)c1)OCC1CC(C1)NS2. The summed E-state index contributed by atoms with van der Waals surface area (Å²) in [6.07, 6.45) is 3.97. The molecule has 0 radical (unpaired) electrons. The molecule has 1 fully saturated rings. The van der Waals surface area contributed by atoms with Gasteiger partial charge in [0.2, 0.25) is 0 Å². The van der Waals surface area contributed by atoms with Crippen LogP contribution in [0.3, 0.4) is 0 Å². The fourth-order valence-corrected chi connectivity index (χ4v) is 4.08. The van der Waals surface area contributed by atoms with E-state index in [0.29, 0.717) is 30.0 Å². The van der Waals surface area contributed by atoms with Crippen molar-refractivity contribution in [1.82, 2.24) is 9.29 Å². The first-order valence-corrected chi connectivity index (χ1v) is 8.84. The summed E-state index contributed by atoms with van der Waals surface area (Å²) in [6.45, 7) is 0.571. The second-order valence-electron chi connectivity index (χ2n) is 6.43. The maximum absolute atomic E-state index is 13.3. The molecule has 1 amide bonds. The van der Waals surface area contributed by atoms with Crippen LogP contribution < -0.4 is 14.8 Å². The number of rotatable bonds is 2. The average Bonchev–Trinajstić information content (AvgIpc) is 2.89. The predicted molar refractivity (Wildman–Crippen MR) is 90.7 cm³/mol. The lowest BCUT2D eigenvalue weighted by Crippen LogP contribution is -2.39. The number of nitrogens with one attached hydrogen (secondary N) is 2. The third kappa shape index (κ3) is 3.11. The molecule has 1 saturated carbocycles. The number of nitrogens with zero attached hydrogens (tertiary/aromatic N) is 1. The number of amides is 1. The van der Waals surface area contributed by atoms with Crippen LogP contribution in [-0.4, -0.2) is 23.1 Å². The van der Waals surface area contributed by atoms with E-state index in [-0.39, 0.29) is 5.69 Å². The third-order valence-electron chi connectivity index (χ3n) is 4.53. The summed E-state index contributed by atoms with van der Waals surface area (Å²) >= 11 is 1.46. The van der Waals surface area contributed by atoms with Gasteiger partial charge in [-0.15, -0.1) is 0 Å². The molecule has 2 aliphatic heterocycles. The van der Waals surface area contributed by atoms with Gasteiger partial charge in [0.05, 0.1) is 11.5 Å². The van der Waals surface area contributed by atoms with Crippen LogP contribution in [0, 0.1) is 17.6 Å². The second kappa shape index (κ2) is 6.34. The summed E-state index contributed by atoms with van der Waals surface area (Å²) in [6, 6.07) is 3.73. The number of anilines is 1. The van der Waals surface area contributed by atoms with E-state index in [2.05, 4.69) is 10.0 Å². The predicted octanol–water partition coefficient (Wildman–Crippen LogP) is 3.32. The van der Waals surface area contributed by atoms with Crippen molar-refractivity contribution in [2.24, 2.45) is 13.0 Å². The van der Waals surface area contributed by atoms with Crippen LogP contribution in [0.1, 0.15) is 23.3 Å². The van der Waals surface area contributed by atoms with Gasteiger partial charge in [-0.3, -0.25) is 9.52 Å². The number of aryl methyl sites for hydroxylation is 1. The van der Waals surface area contributed by atoms with Gasteiger partial charge >= 0.3 is 0 Å². The minimum absolute atomic E-state index is 0.190. The molecular formula is C17H17F2N3O2S. The van der Waals surface area contributed by atoms with Gasteiger partial charge in [0.1, 0.15) is 0 Å². The summed E-state index contributed by atoms with van der Waals surface area (Å²) in [7, 11) is 1.75. The molecule has 0 saturated heterocycles. The van der Waals surface area contributed by atoms with Crippen LogP contribution in [0.2, 0.25) is 0 Å². The zero-order chi connectivity index (χ0) is 17.6. The van der Waals surface area contributed by atoms with Gasteiger partial charge in [-0.1, -0.05) is 0 Å². The highest BCUT2D eigenvalue weighted by Crippen LogP contribution is 2.39. The van der Waals surface area contributed by atoms with Crippen molar-refractivity contribution in [1.29, 1.82) is 0 Å². The molecule has 25 heavy (non-hydrogen) atoms. The quantitative estimate of drug-likeness (QED) is 0.802. The topological polar surface area (TPSA) is 55.3 Å². The Balaban J connectivity index is 1.61. The van der Waals surface area contributed by atoms with Gasteiger partial charge in [0, 0.05) is 31.0 Å². The highest BCUT2D eigenvalue weighted by Gasteiger charge is 2.33. The molecule has 132 valence electrons. The Hall–Kier alpha value is -2.06. The number of carbonyl (C=O) groups is 1. The van der Waals surface area contributed by atoms with Crippen LogP contribution >= 0.6 is 11.9 Å². The largest absolute Gasteiger partial charge is 0.490 e. The lowest BCUT2D eigenvalue weighted by molar-refractivity contribution is 0.100. The summed E-state index contributed by atoms with van der Waals surface area (Å²) in [5.41, 5.74) is 0.545. The van der Waals surface area contributed by atoms with E-state index in [4.69, 9.17) is 4.74 Å². The maximum Gasteiger partial charge on any atom is 0.276 e. The van der Waals surface area contributed by atoms with Gasteiger partial charge < -0.3 is 14.6 Å². The zero-order valence-corrected chi connectivity index (χ0v) is 14.3. The first-order chi connectivity index (χ1) is 12.0. The van der Waals surface area contributed by atoms with Crippen molar-refractivity contribution in [3.63, 3.8) is 0 Å². The molecule has 1 aromatic heterocycles. The highest BCUT2D eigenvalue weighted by atomic mass is 32.2. The zero-order valence-electron chi connectivity index (χ0n) is 13.5. The van der Waals surface area contributed by atoms with E-state index in [1.54, 1.807) is 11.6 Å². The molecule has 0 spiro atoms. The standard InChI is InChI=1S/C17H17F2N3O2S/c1-22-7-14-16(24-8-9-4-11(5-9)21-25-14)15(22)17(23)20-10-2-3-12(18)13(19)6-10/h2-3,6-7,9,11,21H,4-5,8H2,1H3,(H,20,23). The minimum atomic E-state index is -1.01. The van der Waals surface area contributed by atoms with Gasteiger partial charge in [-0.05, 0) is 42.8 Å². The summed E-state index contributed by atoms with van der Waals surface area (Å²) in [5.74, 6) is -1.38. The molecule has 1 aliphatic carbocycles.